The number of ether oxygens (including phenoxy) is 2. The third kappa shape index (κ3) is 5.22. The molecule has 2 amide bonds. The third-order valence-electron chi connectivity index (χ3n) is 6.49. The zero-order valence-corrected chi connectivity index (χ0v) is 18.7. The Morgan fingerprint density at radius 1 is 0.969 bits per heavy atom. The molecule has 2 saturated heterocycles. The van der Waals surface area contributed by atoms with Gasteiger partial charge in [0.25, 0.3) is 5.91 Å². The van der Waals surface area contributed by atoms with E-state index in [1.54, 1.807) is 26.4 Å². The van der Waals surface area contributed by atoms with Crippen LogP contribution in [0.5, 0.6) is 11.5 Å². The van der Waals surface area contributed by atoms with Crippen molar-refractivity contribution in [3.05, 3.63) is 54.1 Å². The Hall–Kier alpha value is -3.06. The number of carbonyl (C=O) groups is 2. The fourth-order valence-electron chi connectivity index (χ4n) is 4.93. The van der Waals surface area contributed by atoms with Crippen molar-refractivity contribution < 1.29 is 19.1 Å². The van der Waals surface area contributed by atoms with Gasteiger partial charge in [0.05, 0.1) is 20.8 Å². The molecule has 2 fully saturated rings. The lowest BCUT2D eigenvalue weighted by Gasteiger charge is -2.48. The van der Waals surface area contributed by atoms with Crippen molar-refractivity contribution in [2.75, 3.05) is 26.1 Å². The Morgan fingerprint density at radius 3 is 2.31 bits per heavy atom. The van der Waals surface area contributed by atoms with Gasteiger partial charge in [-0.15, -0.1) is 0 Å². The predicted octanol–water partition coefficient (Wildman–Crippen LogP) is 3.46. The van der Waals surface area contributed by atoms with Gasteiger partial charge in [-0.2, -0.15) is 0 Å². The number of nitrogens with one attached hydrogen (secondary N) is 2. The number of hydrogen-bond acceptors (Lipinski definition) is 5. The fourth-order valence-corrected chi connectivity index (χ4v) is 4.93. The lowest BCUT2D eigenvalue weighted by Crippen LogP contribution is -2.58. The van der Waals surface area contributed by atoms with Crippen LogP contribution in [0.3, 0.4) is 0 Å². The second kappa shape index (κ2) is 10.0. The highest BCUT2D eigenvalue weighted by Crippen LogP contribution is 2.34. The van der Waals surface area contributed by atoms with Crippen LogP contribution in [-0.2, 0) is 4.79 Å². The third-order valence-corrected chi connectivity index (χ3v) is 6.49. The Morgan fingerprint density at radius 2 is 1.66 bits per heavy atom. The minimum Gasteiger partial charge on any atom is -0.497 e. The summed E-state index contributed by atoms with van der Waals surface area (Å²) < 4.78 is 10.4. The highest BCUT2D eigenvalue weighted by Gasteiger charge is 2.39. The van der Waals surface area contributed by atoms with E-state index < -0.39 is 0 Å². The second-order valence-electron chi connectivity index (χ2n) is 8.56. The molecular weight excluding hydrogens is 406 g/mol. The molecule has 2 heterocycles. The molecule has 2 aliphatic rings. The van der Waals surface area contributed by atoms with Crippen LogP contribution in [-0.4, -0.2) is 55.6 Å². The van der Waals surface area contributed by atoms with Crippen molar-refractivity contribution >= 4 is 17.5 Å². The van der Waals surface area contributed by atoms with Crippen molar-refractivity contribution in [1.29, 1.82) is 0 Å². The summed E-state index contributed by atoms with van der Waals surface area (Å²) in [5.41, 5.74) is 1.37. The smallest absolute Gasteiger partial charge is 0.251 e. The van der Waals surface area contributed by atoms with Crippen LogP contribution >= 0.6 is 0 Å². The number of amides is 2. The zero-order chi connectivity index (χ0) is 22.5. The number of piperidine rings is 2. The van der Waals surface area contributed by atoms with Gasteiger partial charge in [-0.25, -0.2) is 0 Å². The van der Waals surface area contributed by atoms with Gasteiger partial charge in [-0.05, 0) is 68.1 Å². The largest absolute Gasteiger partial charge is 0.497 e. The molecule has 0 aromatic heterocycles. The van der Waals surface area contributed by atoms with E-state index in [0.29, 0.717) is 29.9 Å². The van der Waals surface area contributed by atoms with E-state index in [9.17, 15) is 9.59 Å². The summed E-state index contributed by atoms with van der Waals surface area (Å²) in [6, 6.07) is 15.3. The molecule has 0 spiro atoms. The summed E-state index contributed by atoms with van der Waals surface area (Å²) in [7, 11) is 3.22. The van der Waals surface area contributed by atoms with Crippen molar-refractivity contribution in [1.82, 2.24) is 10.2 Å². The molecule has 2 aliphatic heterocycles. The Labute approximate surface area is 189 Å². The molecule has 2 N–H and O–H groups in total. The lowest BCUT2D eigenvalue weighted by atomic mass is 9.81. The van der Waals surface area contributed by atoms with Crippen LogP contribution in [0.4, 0.5) is 5.69 Å². The maximum absolute atomic E-state index is 12.8. The summed E-state index contributed by atoms with van der Waals surface area (Å²) in [4.78, 5) is 27.8. The molecule has 0 radical (unpaired) electrons. The van der Waals surface area contributed by atoms with Gasteiger partial charge in [0.15, 0.2) is 0 Å². The molecule has 2 bridgehead atoms. The first kappa shape index (κ1) is 22.1. The van der Waals surface area contributed by atoms with Gasteiger partial charge in [0.2, 0.25) is 5.91 Å². The van der Waals surface area contributed by atoms with E-state index in [4.69, 9.17) is 9.47 Å². The molecule has 2 atom stereocenters. The molecule has 2 unspecified atom stereocenters. The molecular formula is C25H31N3O4. The van der Waals surface area contributed by atoms with Gasteiger partial charge < -0.3 is 20.1 Å². The van der Waals surface area contributed by atoms with Crippen LogP contribution in [0.2, 0.25) is 0 Å². The first-order valence-electron chi connectivity index (χ1n) is 11.2. The average Bonchev–Trinajstić information content (AvgIpc) is 2.80. The van der Waals surface area contributed by atoms with E-state index in [1.807, 2.05) is 36.4 Å². The molecule has 32 heavy (non-hydrogen) atoms. The van der Waals surface area contributed by atoms with Crippen LogP contribution < -0.4 is 20.1 Å². The Kier molecular flexibility index (Phi) is 6.95. The van der Waals surface area contributed by atoms with Crippen molar-refractivity contribution in [3.8, 4) is 11.5 Å². The first-order chi connectivity index (χ1) is 15.6. The van der Waals surface area contributed by atoms with E-state index in [-0.39, 0.29) is 17.9 Å². The van der Waals surface area contributed by atoms with Crippen molar-refractivity contribution in [2.45, 2.75) is 50.2 Å². The number of anilines is 1. The summed E-state index contributed by atoms with van der Waals surface area (Å²) in [6.07, 6.45) is 5.00. The molecule has 2 aromatic rings. The summed E-state index contributed by atoms with van der Waals surface area (Å²) in [5, 5.41) is 6.19. The number of nitrogens with zero attached hydrogens (tertiary/aromatic N) is 1. The quantitative estimate of drug-likeness (QED) is 0.694. The van der Waals surface area contributed by atoms with E-state index in [1.165, 1.54) is 6.42 Å². The Bertz CT molecular complexity index is 932. The maximum Gasteiger partial charge on any atom is 0.251 e. The van der Waals surface area contributed by atoms with Crippen molar-refractivity contribution in [2.24, 2.45) is 0 Å². The van der Waals surface area contributed by atoms with Crippen LogP contribution in [0, 0.1) is 0 Å². The average molecular weight is 438 g/mol. The van der Waals surface area contributed by atoms with Crippen molar-refractivity contribution in [3.63, 3.8) is 0 Å². The van der Waals surface area contributed by atoms with E-state index in [2.05, 4.69) is 15.5 Å². The lowest BCUT2D eigenvalue weighted by molar-refractivity contribution is -0.120. The highest BCUT2D eigenvalue weighted by molar-refractivity contribution is 5.95. The maximum atomic E-state index is 12.8. The summed E-state index contributed by atoms with van der Waals surface area (Å²) in [5.74, 6) is 1.35. The van der Waals surface area contributed by atoms with Gasteiger partial charge in [-0.3, -0.25) is 14.5 Å². The van der Waals surface area contributed by atoms with Gasteiger partial charge in [0.1, 0.15) is 11.5 Å². The van der Waals surface area contributed by atoms with E-state index in [0.717, 1.165) is 37.1 Å². The fraction of sp³-hybridized carbons (Fsp3) is 0.440. The second-order valence-corrected chi connectivity index (χ2v) is 8.56. The number of carbonyl (C=O) groups excluding carboxylic acids is 2. The minimum atomic E-state index is -0.0716. The number of benzene rings is 2. The van der Waals surface area contributed by atoms with Crippen LogP contribution in [0.1, 0.15) is 42.5 Å². The van der Waals surface area contributed by atoms with Crippen LogP contribution in [0.25, 0.3) is 0 Å². The number of hydrogen-bond donors (Lipinski definition) is 2. The molecule has 170 valence electrons. The summed E-state index contributed by atoms with van der Waals surface area (Å²) >= 11 is 0. The number of methoxy groups -OCH3 is 2. The summed E-state index contributed by atoms with van der Waals surface area (Å²) in [6.45, 7) is 0.373. The first-order valence-corrected chi connectivity index (χ1v) is 11.2. The normalized spacial score (nSPS) is 22.6. The predicted molar refractivity (Wildman–Crippen MR) is 123 cm³/mol. The van der Waals surface area contributed by atoms with Crippen LogP contribution in [0.15, 0.2) is 48.5 Å². The topological polar surface area (TPSA) is 79.9 Å². The van der Waals surface area contributed by atoms with Gasteiger partial charge in [-0.1, -0.05) is 12.5 Å². The molecule has 0 aliphatic carbocycles. The minimum absolute atomic E-state index is 0.00840. The molecule has 7 nitrogen and oxygen atoms in total. The van der Waals surface area contributed by atoms with Gasteiger partial charge in [0, 0.05) is 29.4 Å². The monoisotopic (exact) mass is 437 g/mol. The highest BCUT2D eigenvalue weighted by atomic mass is 16.5. The SMILES string of the molecule is COc1ccc(NC(=O)CN2C3CCCC2CC(NC(=O)c2cccc(OC)c2)C3)cc1. The van der Waals surface area contributed by atoms with Gasteiger partial charge >= 0.3 is 0 Å². The molecule has 0 saturated carbocycles. The van der Waals surface area contributed by atoms with E-state index >= 15 is 0 Å². The standard InChI is InChI=1S/C25H31N3O4/c1-31-22-11-9-18(10-12-22)26-24(29)16-28-20-6-4-7-21(28)15-19(14-20)27-25(30)17-5-3-8-23(13-17)32-2/h3,5,8-13,19-21H,4,6-7,14-16H2,1-2H3,(H,26,29)(H,27,30). The zero-order valence-electron chi connectivity index (χ0n) is 18.7. The number of fused-ring (bicyclic) bond motifs is 2. The molecule has 4 rings (SSSR count). The number of rotatable bonds is 7. The molecule has 7 heteroatoms. The Balaban J connectivity index is 1.34. The molecule has 2 aromatic carbocycles.